The van der Waals surface area contributed by atoms with Crippen molar-refractivity contribution >= 4 is 5.91 Å². The molecule has 0 aliphatic rings. The molecular weight excluding hydrogens is 602 g/mol. The molecule has 0 aromatic carbocycles. The van der Waals surface area contributed by atoms with E-state index in [-0.39, 0.29) is 12.5 Å². The van der Waals surface area contributed by atoms with E-state index in [0.29, 0.717) is 6.42 Å². The SMILES string of the molecule is CC/C=C\C/C=C\C/C=C\CCCCCC(=O)NC(CO)C(O)/C=C/CCCCCCCCCCCCCCCCCCCCCCCC. The zero-order valence-electron chi connectivity index (χ0n) is 32.7. The highest BCUT2D eigenvalue weighted by Gasteiger charge is 2.17. The van der Waals surface area contributed by atoms with Gasteiger partial charge in [-0.15, -0.1) is 0 Å². The van der Waals surface area contributed by atoms with Crippen molar-refractivity contribution in [2.75, 3.05) is 6.61 Å². The number of unbranched alkanes of at least 4 members (excludes halogenated alkanes) is 25. The molecule has 0 rings (SSSR count). The van der Waals surface area contributed by atoms with Crippen molar-refractivity contribution in [3.05, 3.63) is 48.6 Å². The van der Waals surface area contributed by atoms with Crippen molar-refractivity contribution in [3.63, 3.8) is 0 Å². The number of amides is 1. The summed E-state index contributed by atoms with van der Waals surface area (Å²) in [6, 6.07) is -0.637. The maximum Gasteiger partial charge on any atom is 0.220 e. The number of aliphatic hydroxyl groups is 2. The standard InChI is InChI=1S/C45H83NO3/c1-3-5-7-9-11-13-15-17-18-19-20-21-22-23-24-25-26-27-29-30-32-34-36-38-40-44(48)43(42-47)46-45(49)41-39-37-35-33-31-28-16-14-12-10-8-6-4-2/h6,8,12,14,28,31,38,40,43-44,47-48H,3-5,7,9-11,13,15-27,29-30,32-37,39,41-42H2,1-2H3,(H,46,49)/b8-6-,14-12-,31-28-,40-38+. The molecule has 0 fully saturated rings. The molecule has 49 heavy (non-hydrogen) atoms. The third-order valence-corrected chi connectivity index (χ3v) is 9.57. The van der Waals surface area contributed by atoms with Crippen LogP contribution in [0.5, 0.6) is 0 Å². The minimum absolute atomic E-state index is 0.0936. The summed E-state index contributed by atoms with van der Waals surface area (Å²) in [6.07, 6.45) is 55.1. The molecule has 0 saturated heterocycles. The number of hydrogen-bond acceptors (Lipinski definition) is 3. The number of carbonyl (C=O) groups is 1. The Morgan fingerprint density at radius 1 is 0.510 bits per heavy atom. The van der Waals surface area contributed by atoms with Gasteiger partial charge in [-0.2, -0.15) is 0 Å². The van der Waals surface area contributed by atoms with Crippen LogP contribution in [0.15, 0.2) is 48.6 Å². The van der Waals surface area contributed by atoms with Gasteiger partial charge in [0.25, 0.3) is 0 Å². The summed E-state index contributed by atoms with van der Waals surface area (Å²) < 4.78 is 0. The Balaban J connectivity index is 3.56. The predicted molar refractivity (Wildman–Crippen MR) is 216 cm³/mol. The lowest BCUT2D eigenvalue weighted by atomic mass is 10.0. The molecule has 0 aromatic heterocycles. The molecule has 3 N–H and O–H groups in total. The first-order valence-electron chi connectivity index (χ1n) is 21.4. The maximum absolute atomic E-state index is 12.3. The number of nitrogens with one attached hydrogen (secondary N) is 1. The summed E-state index contributed by atoms with van der Waals surface area (Å²) in [5, 5.41) is 22.9. The van der Waals surface area contributed by atoms with Crippen LogP contribution in [0.4, 0.5) is 0 Å². The summed E-state index contributed by atoms with van der Waals surface area (Å²) in [6.45, 7) is 4.18. The molecule has 4 nitrogen and oxygen atoms in total. The Morgan fingerprint density at radius 3 is 1.35 bits per heavy atom. The zero-order chi connectivity index (χ0) is 35.7. The maximum atomic E-state index is 12.3. The molecule has 0 bridgehead atoms. The van der Waals surface area contributed by atoms with Crippen molar-refractivity contribution in [3.8, 4) is 0 Å². The molecule has 4 heteroatoms. The smallest absolute Gasteiger partial charge is 0.220 e. The Labute approximate surface area is 305 Å². The van der Waals surface area contributed by atoms with Crippen LogP contribution in [0.3, 0.4) is 0 Å². The van der Waals surface area contributed by atoms with Crippen LogP contribution < -0.4 is 5.32 Å². The molecular formula is C45H83NO3. The summed E-state index contributed by atoms with van der Waals surface area (Å²) in [5.41, 5.74) is 0. The molecule has 2 atom stereocenters. The van der Waals surface area contributed by atoms with E-state index in [4.69, 9.17) is 0 Å². The highest BCUT2D eigenvalue weighted by molar-refractivity contribution is 5.76. The third-order valence-electron chi connectivity index (χ3n) is 9.57. The Hall–Kier alpha value is -1.65. The van der Waals surface area contributed by atoms with Crippen molar-refractivity contribution in [2.45, 2.75) is 225 Å². The fourth-order valence-corrected chi connectivity index (χ4v) is 6.31. The molecule has 0 aliphatic heterocycles. The van der Waals surface area contributed by atoms with Gasteiger partial charge in [0, 0.05) is 6.42 Å². The lowest BCUT2D eigenvalue weighted by Crippen LogP contribution is -2.45. The number of aliphatic hydroxyl groups excluding tert-OH is 2. The molecule has 0 spiro atoms. The van der Waals surface area contributed by atoms with Crippen LogP contribution >= 0.6 is 0 Å². The number of rotatable bonds is 38. The first-order chi connectivity index (χ1) is 24.2. The molecule has 0 aliphatic carbocycles. The van der Waals surface area contributed by atoms with Gasteiger partial charge in [0.1, 0.15) is 0 Å². The largest absolute Gasteiger partial charge is 0.394 e. The normalized spacial score (nSPS) is 13.5. The van der Waals surface area contributed by atoms with Crippen molar-refractivity contribution in [2.24, 2.45) is 0 Å². The molecule has 0 saturated carbocycles. The highest BCUT2D eigenvalue weighted by atomic mass is 16.3. The zero-order valence-corrected chi connectivity index (χ0v) is 32.7. The van der Waals surface area contributed by atoms with E-state index in [1.165, 1.54) is 135 Å². The van der Waals surface area contributed by atoms with Crippen molar-refractivity contribution in [1.82, 2.24) is 5.32 Å². The van der Waals surface area contributed by atoms with Gasteiger partial charge in [-0.25, -0.2) is 0 Å². The number of hydrogen-bond donors (Lipinski definition) is 3. The second kappa shape index (κ2) is 40.8. The van der Waals surface area contributed by atoms with Crippen LogP contribution in [0.25, 0.3) is 0 Å². The molecule has 0 radical (unpaired) electrons. The molecule has 286 valence electrons. The van der Waals surface area contributed by atoms with Crippen LogP contribution in [0, 0.1) is 0 Å². The van der Waals surface area contributed by atoms with E-state index in [2.05, 4.69) is 55.6 Å². The van der Waals surface area contributed by atoms with Gasteiger partial charge in [-0.05, 0) is 51.4 Å². The highest BCUT2D eigenvalue weighted by Crippen LogP contribution is 2.16. The Bertz CT molecular complexity index is 786. The average Bonchev–Trinajstić information content (AvgIpc) is 3.10. The quantitative estimate of drug-likeness (QED) is 0.0447. The molecule has 0 heterocycles. The fourth-order valence-electron chi connectivity index (χ4n) is 6.31. The van der Waals surface area contributed by atoms with Crippen LogP contribution in [0.1, 0.15) is 213 Å². The first-order valence-corrected chi connectivity index (χ1v) is 21.4. The Morgan fingerprint density at radius 2 is 0.898 bits per heavy atom. The van der Waals surface area contributed by atoms with E-state index >= 15 is 0 Å². The third kappa shape index (κ3) is 37.4. The van der Waals surface area contributed by atoms with Gasteiger partial charge >= 0.3 is 0 Å². The van der Waals surface area contributed by atoms with Gasteiger partial charge < -0.3 is 15.5 Å². The van der Waals surface area contributed by atoms with Gasteiger partial charge in [-0.1, -0.05) is 204 Å². The van der Waals surface area contributed by atoms with E-state index < -0.39 is 12.1 Å². The Kier molecular flexibility index (Phi) is 39.4. The fraction of sp³-hybridized carbons (Fsp3) is 0.800. The van der Waals surface area contributed by atoms with Crippen molar-refractivity contribution in [1.29, 1.82) is 0 Å². The summed E-state index contributed by atoms with van der Waals surface area (Å²) in [5.74, 6) is -0.0936. The second-order valence-corrected chi connectivity index (χ2v) is 14.4. The summed E-state index contributed by atoms with van der Waals surface area (Å²) in [4.78, 5) is 12.3. The second-order valence-electron chi connectivity index (χ2n) is 14.4. The molecule has 1 amide bonds. The van der Waals surface area contributed by atoms with Gasteiger partial charge in [-0.3, -0.25) is 4.79 Å². The van der Waals surface area contributed by atoms with E-state index in [0.717, 1.165) is 57.8 Å². The average molecular weight is 686 g/mol. The predicted octanol–water partition coefficient (Wildman–Crippen LogP) is 13.2. The minimum atomic E-state index is -0.851. The van der Waals surface area contributed by atoms with Crippen LogP contribution in [0.2, 0.25) is 0 Å². The topological polar surface area (TPSA) is 69.6 Å². The monoisotopic (exact) mass is 686 g/mol. The van der Waals surface area contributed by atoms with Gasteiger partial charge in [0.05, 0.1) is 18.8 Å². The van der Waals surface area contributed by atoms with Crippen molar-refractivity contribution < 1.29 is 15.0 Å². The minimum Gasteiger partial charge on any atom is -0.394 e. The number of allylic oxidation sites excluding steroid dienone is 7. The summed E-state index contributed by atoms with van der Waals surface area (Å²) >= 11 is 0. The van der Waals surface area contributed by atoms with E-state index in [9.17, 15) is 15.0 Å². The molecule has 0 aromatic rings. The van der Waals surface area contributed by atoms with Crippen LogP contribution in [-0.2, 0) is 4.79 Å². The molecule has 2 unspecified atom stereocenters. The van der Waals surface area contributed by atoms with E-state index in [1.54, 1.807) is 6.08 Å². The lowest BCUT2D eigenvalue weighted by molar-refractivity contribution is -0.123. The summed E-state index contributed by atoms with van der Waals surface area (Å²) in [7, 11) is 0. The lowest BCUT2D eigenvalue weighted by Gasteiger charge is -2.19. The van der Waals surface area contributed by atoms with E-state index in [1.807, 2.05) is 6.08 Å². The van der Waals surface area contributed by atoms with Gasteiger partial charge in [0.15, 0.2) is 0 Å². The van der Waals surface area contributed by atoms with Crippen LogP contribution in [-0.4, -0.2) is 34.9 Å². The number of carbonyl (C=O) groups excluding carboxylic acids is 1. The van der Waals surface area contributed by atoms with Gasteiger partial charge in [0.2, 0.25) is 5.91 Å². The first kappa shape index (κ1) is 47.4.